The Labute approximate surface area is 115 Å². The van der Waals surface area contributed by atoms with Crippen LogP contribution in [0.1, 0.15) is 20.8 Å². The quantitative estimate of drug-likeness (QED) is 0.927. The maximum Gasteiger partial charge on any atom is 0.0589 e. The van der Waals surface area contributed by atoms with Gasteiger partial charge in [0, 0.05) is 16.8 Å². The van der Waals surface area contributed by atoms with Gasteiger partial charge in [-0.1, -0.05) is 44.0 Å². The van der Waals surface area contributed by atoms with E-state index in [0.717, 1.165) is 0 Å². The number of nitrogens with two attached hydrogens (primary N) is 1. The lowest BCUT2D eigenvalue weighted by Crippen LogP contribution is -2.39. The van der Waals surface area contributed by atoms with E-state index < -0.39 is 10.8 Å². The molecule has 0 heterocycles. The normalized spacial score (nSPS) is 15.6. The maximum absolute atomic E-state index is 12.2. The Hall–Kier alpha value is -0.0900. The van der Waals surface area contributed by atoms with Crippen molar-refractivity contribution in [2.75, 3.05) is 5.75 Å². The van der Waals surface area contributed by atoms with Gasteiger partial charge in [-0.3, -0.25) is 4.21 Å². The largest absolute Gasteiger partial charge is 0.326 e. The van der Waals surface area contributed by atoms with Gasteiger partial charge in [0.05, 0.1) is 20.7 Å². The second kappa shape index (κ2) is 5.70. The minimum Gasteiger partial charge on any atom is -0.326 e. The van der Waals surface area contributed by atoms with Gasteiger partial charge >= 0.3 is 0 Å². The molecular formula is C12H17Cl2NOS. The van der Waals surface area contributed by atoms with Crippen LogP contribution in [0.25, 0.3) is 0 Å². The number of hydrogen-bond donors (Lipinski definition) is 1. The molecule has 5 heteroatoms. The van der Waals surface area contributed by atoms with Crippen molar-refractivity contribution in [3.05, 3.63) is 28.2 Å². The monoisotopic (exact) mass is 293 g/mol. The second-order valence-corrected chi connectivity index (χ2v) is 7.37. The van der Waals surface area contributed by atoms with Crippen molar-refractivity contribution in [1.82, 2.24) is 0 Å². The van der Waals surface area contributed by atoms with Gasteiger partial charge in [0.15, 0.2) is 0 Å². The maximum atomic E-state index is 12.2. The number of halogens is 2. The third-order valence-corrected chi connectivity index (χ3v) is 4.75. The van der Waals surface area contributed by atoms with E-state index in [0.29, 0.717) is 20.7 Å². The van der Waals surface area contributed by atoms with Crippen LogP contribution in [0.5, 0.6) is 0 Å². The molecule has 0 radical (unpaired) electrons. The zero-order valence-corrected chi connectivity index (χ0v) is 12.5. The van der Waals surface area contributed by atoms with E-state index >= 15 is 0 Å². The zero-order chi connectivity index (χ0) is 13.2. The number of benzene rings is 1. The lowest BCUT2D eigenvalue weighted by Gasteiger charge is -2.26. The van der Waals surface area contributed by atoms with Gasteiger partial charge in [-0.25, -0.2) is 0 Å². The molecule has 0 bridgehead atoms. The molecule has 0 amide bonds. The molecule has 0 aliphatic carbocycles. The fraction of sp³-hybridized carbons (Fsp3) is 0.500. The molecule has 1 rings (SSSR count). The highest BCUT2D eigenvalue weighted by Gasteiger charge is 2.24. The van der Waals surface area contributed by atoms with Gasteiger partial charge in [0.25, 0.3) is 0 Å². The topological polar surface area (TPSA) is 43.1 Å². The Morgan fingerprint density at radius 2 is 1.94 bits per heavy atom. The standard InChI is InChI=1S/C12H17Cl2NOS/c1-12(2,3)11(15)7-17(16)10-6-8(13)4-5-9(10)14/h4-6,11H,7,15H2,1-3H3. The molecule has 0 fully saturated rings. The molecule has 2 N–H and O–H groups in total. The van der Waals surface area contributed by atoms with Crippen molar-refractivity contribution in [1.29, 1.82) is 0 Å². The minimum absolute atomic E-state index is 0.0826. The summed E-state index contributed by atoms with van der Waals surface area (Å²) in [6.45, 7) is 6.07. The van der Waals surface area contributed by atoms with Crippen molar-refractivity contribution >= 4 is 34.0 Å². The van der Waals surface area contributed by atoms with E-state index in [2.05, 4.69) is 0 Å². The van der Waals surface area contributed by atoms with E-state index in [1.54, 1.807) is 18.2 Å². The second-order valence-electron chi connectivity index (χ2n) is 5.06. The SMILES string of the molecule is CC(C)(C)C(N)CS(=O)c1cc(Cl)ccc1Cl. The van der Waals surface area contributed by atoms with Gasteiger partial charge < -0.3 is 5.73 Å². The first-order valence-electron chi connectivity index (χ1n) is 5.31. The molecule has 0 aliphatic heterocycles. The van der Waals surface area contributed by atoms with Crippen LogP contribution in [0, 0.1) is 5.41 Å². The van der Waals surface area contributed by atoms with Crippen molar-refractivity contribution in [2.45, 2.75) is 31.7 Å². The van der Waals surface area contributed by atoms with Crippen LogP contribution in [-0.4, -0.2) is 16.0 Å². The Bertz CT molecular complexity index is 429. The third-order valence-electron chi connectivity index (χ3n) is 2.58. The minimum atomic E-state index is -1.22. The fourth-order valence-corrected chi connectivity index (χ4v) is 3.32. The number of hydrogen-bond acceptors (Lipinski definition) is 2. The molecule has 0 spiro atoms. The molecule has 0 aromatic heterocycles. The summed E-state index contributed by atoms with van der Waals surface area (Å²) in [4.78, 5) is 0.555. The average molecular weight is 294 g/mol. The van der Waals surface area contributed by atoms with Gasteiger partial charge in [-0.15, -0.1) is 0 Å². The molecular weight excluding hydrogens is 277 g/mol. The van der Waals surface area contributed by atoms with Gasteiger partial charge in [-0.05, 0) is 23.6 Å². The fourth-order valence-electron chi connectivity index (χ4n) is 1.15. The summed E-state index contributed by atoms with van der Waals surface area (Å²) in [6.07, 6.45) is 0. The Balaban J connectivity index is 2.87. The predicted molar refractivity (Wildman–Crippen MR) is 75.2 cm³/mol. The van der Waals surface area contributed by atoms with E-state index in [9.17, 15) is 4.21 Å². The Kier molecular flexibility index (Phi) is 5.02. The third kappa shape index (κ3) is 4.25. The van der Waals surface area contributed by atoms with Crippen LogP contribution in [-0.2, 0) is 10.8 Å². The summed E-state index contributed by atoms with van der Waals surface area (Å²) in [5.74, 6) is 0.379. The highest BCUT2D eigenvalue weighted by Crippen LogP contribution is 2.26. The van der Waals surface area contributed by atoms with E-state index in [1.807, 2.05) is 20.8 Å². The first-order chi connectivity index (χ1) is 7.71. The van der Waals surface area contributed by atoms with Crippen LogP contribution < -0.4 is 5.73 Å². The molecule has 1 aromatic rings. The van der Waals surface area contributed by atoms with Crippen molar-refractivity contribution < 1.29 is 4.21 Å². The molecule has 1 aromatic carbocycles. The van der Waals surface area contributed by atoms with E-state index in [4.69, 9.17) is 28.9 Å². The molecule has 0 aliphatic rings. The zero-order valence-electron chi connectivity index (χ0n) is 10.2. The molecule has 0 saturated carbocycles. The summed E-state index contributed by atoms with van der Waals surface area (Å²) < 4.78 is 12.2. The van der Waals surface area contributed by atoms with Crippen molar-refractivity contribution in [3.8, 4) is 0 Å². The molecule has 2 nitrogen and oxygen atoms in total. The molecule has 2 atom stereocenters. The van der Waals surface area contributed by atoms with Gasteiger partial charge in [0.1, 0.15) is 0 Å². The highest BCUT2D eigenvalue weighted by molar-refractivity contribution is 7.85. The van der Waals surface area contributed by atoms with Crippen LogP contribution in [0.15, 0.2) is 23.1 Å². The first-order valence-corrected chi connectivity index (χ1v) is 7.38. The summed E-state index contributed by atoms with van der Waals surface area (Å²) in [6, 6.07) is 4.81. The van der Waals surface area contributed by atoms with Crippen LogP contribution in [0.3, 0.4) is 0 Å². The van der Waals surface area contributed by atoms with Crippen LogP contribution in [0.4, 0.5) is 0 Å². The first kappa shape index (κ1) is 15.0. The summed E-state index contributed by atoms with van der Waals surface area (Å²) in [5.41, 5.74) is 5.93. The smallest absolute Gasteiger partial charge is 0.0589 e. The van der Waals surface area contributed by atoms with Gasteiger partial charge in [0.2, 0.25) is 0 Å². The molecule has 96 valence electrons. The van der Waals surface area contributed by atoms with Crippen LogP contribution >= 0.6 is 23.2 Å². The summed E-state index contributed by atoms with van der Waals surface area (Å²) in [7, 11) is -1.22. The average Bonchev–Trinajstić information content (AvgIpc) is 2.20. The van der Waals surface area contributed by atoms with E-state index in [-0.39, 0.29) is 11.5 Å². The summed E-state index contributed by atoms with van der Waals surface area (Å²) >= 11 is 11.9. The van der Waals surface area contributed by atoms with E-state index in [1.165, 1.54) is 0 Å². The lowest BCUT2D eigenvalue weighted by molar-refractivity contribution is 0.342. The lowest BCUT2D eigenvalue weighted by atomic mass is 9.89. The Morgan fingerprint density at radius 1 is 1.35 bits per heavy atom. The number of rotatable bonds is 3. The van der Waals surface area contributed by atoms with Crippen molar-refractivity contribution in [2.24, 2.45) is 11.1 Å². The molecule has 17 heavy (non-hydrogen) atoms. The highest BCUT2D eigenvalue weighted by atomic mass is 35.5. The molecule has 2 unspecified atom stereocenters. The van der Waals surface area contributed by atoms with Crippen molar-refractivity contribution in [3.63, 3.8) is 0 Å². The van der Waals surface area contributed by atoms with Gasteiger partial charge in [-0.2, -0.15) is 0 Å². The summed E-state index contributed by atoms with van der Waals surface area (Å²) in [5, 5.41) is 0.996. The van der Waals surface area contributed by atoms with Crippen LogP contribution in [0.2, 0.25) is 10.0 Å². The predicted octanol–water partition coefficient (Wildman–Crippen LogP) is 3.47. The Morgan fingerprint density at radius 3 is 2.47 bits per heavy atom. The molecule has 0 saturated heterocycles.